The van der Waals surface area contributed by atoms with E-state index in [0.717, 1.165) is 18.9 Å². The number of hydrogen-bond donors (Lipinski definition) is 2. The Morgan fingerprint density at radius 3 is 2.35 bits per heavy atom. The van der Waals surface area contributed by atoms with Crippen LogP contribution in [0.3, 0.4) is 0 Å². The first-order valence-corrected chi connectivity index (χ1v) is 10.3. The van der Waals surface area contributed by atoms with Crippen LogP contribution in [0.4, 0.5) is 0 Å². The molecule has 1 aromatic carbocycles. The smallest absolute Gasteiger partial charge is 0.213 e. The molecule has 26 heavy (non-hydrogen) atoms. The number of benzene rings is 1. The van der Waals surface area contributed by atoms with Gasteiger partial charge in [0.2, 0.25) is 10.0 Å². The molecule has 150 valence electrons. The van der Waals surface area contributed by atoms with Crippen molar-refractivity contribution < 1.29 is 8.42 Å². The Hall–Kier alpha value is -0.870. The average molecular weight is 496 g/mol. The van der Waals surface area contributed by atoms with Crippen molar-refractivity contribution in [1.82, 2.24) is 14.9 Å². The summed E-state index contributed by atoms with van der Waals surface area (Å²) in [5.74, 6) is 0.861. The molecular formula is C18H33IN4O2S. The fourth-order valence-corrected chi connectivity index (χ4v) is 3.23. The van der Waals surface area contributed by atoms with Crippen LogP contribution in [0.1, 0.15) is 32.8 Å². The molecule has 0 unspecified atom stereocenters. The van der Waals surface area contributed by atoms with Crippen LogP contribution in [-0.2, 0) is 15.4 Å². The Labute approximate surface area is 175 Å². The summed E-state index contributed by atoms with van der Waals surface area (Å²) in [6, 6.07) is 10.4. The second kappa shape index (κ2) is 11.8. The van der Waals surface area contributed by atoms with E-state index in [-0.39, 0.29) is 35.1 Å². The lowest BCUT2D eigenvalue weighted by Crippen LogP contribution is -2.44. The molecule has 0 saturated heterocycles. The van der Waals surface area contributed by atoms with Gasteiger partial charge in [-0.25, -0.2) is 12.7 Å². The molecule has 0 aliphatic rings. The standard InChI is InChI=1S/C18H32N4O2S.HI/c1-6-25(23,24)22(5)14-10-13-20-17(19-4)21-15-18(2,3)16-11-8-7-9-12-16;/h7-9,11-12H,6,10,13-15H2,1-5H3,(H2,19,20,21);1H. The van der Waals surface area contributed by atoms with Crippen molar-refractivity contribution in [2.45, 2.75) is 32.6 Å². The van der Waals surface area contributed by atoms with Crippen molar-refractivity contribution >= 4 is 40.0 Å². The highest BCUT2D eigenvalue weighted by atomic mass is 127. The van der Waals surface area contributed by atoms with Crippen LogP contribution in [0.2, 0.25) is 0 Å². The summed E-state index contributed by atoms with van der Waals surface area (Å²) >= 11 is 0. The lowest BCUT2D eigenvalue weighted by Gasteiger charge is -2.26. The Morgan fingerprint density at radius 1 is 1.19 bits per heavy atom. The topological polar surface area (TPSA) is 73.8 Å². The molecule has 0 heterocycles. The highest BCUT2D eigenvalue weighted by Gasteiger charge is 2.20. The quantitative estimate of drug-likeness (QED) is 0.239. The Kier molecular flexibility index (Phi) is 11.4. The summed E-state index contributed by atoms with van der Waals surface area (Å²) in [6.45, 7) is 7.94. The molecule has 0 spiro atoms. The van der Waals surface area contributed by atoms with E-state index < -0.39 is 10.0 Å². The van der Waals surface area contributed by atoms with Crippen molar-refractivity contribution in [3.63, 3.8) is 0 Å². The maximum absolute atomic E-state index is 11.7. The van der Waals surface area contributed by atoms with Gasteiger partial charge in [0.1, 0.15) is 0 Å². The largest absolute Gasteiger partial charge is 0.356 e. The number of hydrogen-bond acceptors (Lipinski definition) is 3. The minimum absolute atomic E-state index is 0. The van der Waals surface area contributed by atoms with Crippen LogP contribution in [-0.4, -0.2) is 58.2 Å². The molecule has 0 radical (unpaired) electrons. The maximum atomic E-state index is 11.7. The average Bonchev–Trinajstić information content (AvgIpc) is 2.61. The highest BCUT2D eigenvalue weighted by Crippen LogP contribution is 2.21. The van der Waals surface area contributed by atoms with E-state index in [0.29, 0.717) is 13.1 Å². The molecule has 1 rings (SSSR count). The van der Waals surface area contributed by atoms with Crippen LogP contribution < -0.4 is 10.6 Å². The SMILES string of the molecule is CCS(=O)(=O)N(C)CCCNC(=NC)NCC(C)(C)c1ccccc1.I. The second-order valence-corrected chi connectivity index (χ2v) is 9.04. The molecule has 6 nitrogen and oxygen atoms in total. The number of sulfonamides is 1. The van der Waals surface area contributed by atoms with Gasteiger partial charge < -0.3 is 10.6 Å². The molecule has 0 aliphatic heterocycles. The molecule has 0 bridgehead atoms. The van der Waals surface area contributed by atoms with Gasteiger partial charge in [-0.15, -0.1) is 24.0 Å². The van der Waals surface area contributed by atoms with Gasteiger partial charge in [0.05, 0.1) is 5.75 Å². The van der Waals surface area contributed by atoms with Gasteiger partial charge in [-0.3, -0.25) is 4.99 Å². The molecular weight excluding hydrogens is 463 g/mol. The number of guanidine groups is 1. The summed E-state index contributed by atoms with van der Waals surface area (Å²) in [4.78, 5) is 4.23. The maximum Gasteiger partial charge on any atom is 0.213 e. The van der Waals surface area contributed by atoms with Gasteiger partial charge in [0.25, 0.3) is 0 Å². The Balaban J connectivity index is 0.00000625. The van der Waals surface area contributed by atoms with Gasteiger partial charge in [0.15, 0.2) is 5.96 Å². The van der Waals surface area contributed by atoms with Crippen molar-refractivity contribution in [1.29, 1.82) is 0 Å². The molecule has 8 heteroatoms. The summed E-state index contributed by atoms with van der Waals surface area (Å²) in [7, 11) is 0.249. The first-order chi connectivity index (χ1) is 11.7. The third-order valence-corrected chi connectivity index (χ3v) is 6.12. The molecule has 0 atom stereocenters. The zero-order valence-electron chi connectivity index (χ0n) is 16.4. The van der Waals surface area contributed by atoms with Gasteiger partial charge in [0, 0.05) is 39.1 Å². The second-order valence-electron chi connectivity index (χ2n) is 6.68. The number of nitrogens with one attached hydrogen (secondary N) is 2. The third-order valence-electron chi connectivity index (χ3n) is 4.26. The van der Waals surface area contributed by atoms with E-state index in [4.69, 9.17) is 0 Å². The van der Waals surface area contributed by atoms with E-state index in [1.165, 1.54) is 9.87 Å². The minimum atomic E-state index is -3.11. The van der Waals surface area contributed by atoms with Crippen molar-refractivity contribution in [2.75, 3.05) is 39.5 Å². The normalized spacial score (nSPS) is 12.6. The fourth-order valence-electron chi connectivity index (χ4n) is 2.38. The fraction of sp³-hybridized carbons (Fsp3) is 0.611. The summed E-state index contributed by atoms with van der Waals surface area (Å²) in [5, 5.41) is 6.58. The molecule has 1 aromatic rings. The van der Waals surface area contributed by atoms with Gasteiger partial charge in [-0.1, -0.05) is 44.2 Å². The number of nitrogens with zero attached hydrogens (tertiary/aromatic N) is 2. The molecule has 2 N–H and O–H groups in total. The number of rotatable bonds is 9. The van der Waals surface area contributed by atoms with Crippen LogP contribution in [0.5, 0.6) is 0 Å². The summed E-state index contributed by atoms with van der Waals surface area (Å²) < 4.78 is 24.8. The zero-order valence-corrected chi connectivity index (χ0v) is 19.6. The Morgan fingerprint density at radius 2 is 1.81 bits per heavy atom. The molecule has 0 aliphatic carbocycles. The first kappa shape index (κ1) is 25.1. The zero-order chi connectivity index (χ0) is 18.9. The summed E-state index contributed by atoms with van der Waals surface area (Å²) in [5.41, 5.74) is 1.25. The molecule has 0 amide bonds. The van der Waals surface area contributed by atoms with Crippen LogP contribution in [0, 0.1) is 0 Å². The van der Waals surface area contributed by atoms with Crippen LogP contribution in [0.15, 0.2) is 35.3 Å². The van der Waals surface area contributed by atoms with Crippen LogP contribution >= 0.6 is 24.0 Å². The van der Waals surface area contributed by atoms with Crippen LogP contribution in [0.25, 0.3) is 0 Å². The third kappa shape index (κ3) is 8.22. The van der Waals surface area contributed by atoms with E-state index in [1.54, 1.807) is 21.0 Å². The number of halogens is 1. The van der Waals surface area contributed by atoms with E-state index >= 15 is 0 Å². The lowest BCUT2D eigenvalue weighted by atomic mass is 9.85. The molecule has 0 aromatic heterocycles. The molecule has 0 saturated carbocycles. The van der Waals surface area contributed by atoms with Crippen molar-refractivity contribution in [3.05, 3.63) is 35.9 Å². The van der Waals surface area contributed by atoms with Gasteiger partial charge >= 0.3 is 0 Å². The highest BCUT2D eigenvalue weighted by molar-refractivity contribution is 14.0. The van der Waals surface area contributed by atoms with E-state index in [2.05, 4.69) is 41.6 Å². The van der Waals surface area contributed by atoms with Gasteiger partial charge in [-0.2, -0.15) is 0 Å². The monoisotopic (exact) mass is 496 g/mol. The minimum Gasteiger partial charge on any atom is -0.356 e. The lowest BCUT2D eigenvalue weighted by molar-refractivity contribution is 0.460. The van der Waals surface area contributed by atoms with E-state index in [9.17, 15) is 8.42 Å². The number of aliphatic imine (C=N–C) groups is 1. The van der Waals surface area contributed by atoms with E-state index in [1.807, 2.05) is 18.2 Å². The van der Waals surface area contributed by atoms with Crippen molar-refractivity contribution in [2.24, 2.45) is 4.99 Å². The predicted octanol–water partition coefficient (Wildman–Crippen LogP) is 2.42. The van der Waals surface area contributed by atoms with Crippen molar-refractivity contribution in [3.8, 4) is 0 Å². The molecule has 0 fully saturated rings. The predicted molar refractivity (Wildman–Crippen MR) is 121 cm³/mol. The van der Waals surface area contributed by atoms with Gasteiger partial charge in [-0.05, 0) is 18.9 Å². The Bertz CT molecular complexity index is 648. The summed E-state index contributed by atoms with van der Waals surface area (Å²) in [6.07, 6.45) is 0.721. The first-order valence-electron chi connectivity index (χ1n) is 8.67.